The number of fused-ring (bicyclic) bond motifs is 2. The van der Waals surface area contributed by atoms with E-state index in [1.54, 1.807) is 72.9 Å². The SMILES string of the molecule is O=C(CNC(=O)c1ncc2ccc(Sc3ccccn3)cc2c1O)OC(=O)CNC(=O)c1nc(Cl)c2cc(Oc3ccccc3)c(Oc3ccccc3)cc2c1O. The van der Waals surface area contributed by atoms with E-state index < -0.39 is 54.0 Å². The van der Waals surface area contributed by atoms with E-state index in [0.29, 0.717) is 22.3 Å². The number of nitrogens with zero attached hydrogens (tertiary/aromatic N) is 3. The summed E-state index contributed by atoms with van der Waals surface area (Å²) in [6.45, 7) is -1.58. The van der Waals surface area contributed by atoms with Crippen molar-refractivity contribution in [1.29, 1.82) is 0 Å². The van der Waals surface area contributed by atoms with Crippen molar-refractivity contribution in [2.24, 2.45) is 0 Å². The summed E-state index contributed by atoms with van der Waals surface area (Å²) in [6.07, 6.45) is 3.05. The third-order valence-electron chi connectivity index (χ3n) is 8.08. The number of hydrogen-bond donors (Lipinski definition) is 4. The molecule has 0 unspecified atom stereocenters. The molecule has 3 aromatic heterocycles. The number of carbonyl (C=O) groups is 4. The highest BCUT2D eigenvalue weighted by molar-refractivity contribution is 7.99. The maximum Gasteiger partial charge on any atom is 0.333 e. The number of ether oxygens (including phenoxy) is 3. The molecule has 0 saturated carbocycles. The van der Waals surface area contributed by atoms with Crippen LogP contribution in [0.4, 0.5) is 0 Å². The van der Waals surface area contributed by atoms with Gasteiger partial charge in [0.15, 0.2) is 34.4 Å². The predicted molar refractivity (Wildman–Crippen MR) is 209 cm³/mol. The van der Waals surface area contributed by atoms with Crippen LogP contribution >= 0.6 is 23.4 Å². The van der Waals surface area contributed by atoms with Crippen molar-refractivity contribution in [3.05, 3.63) is 138 Å². The Hall–Kier alpha value is -7.23. The lowest BCUT2D eigenvalue weighted by atomic mass is 10.1. The number of para-hydroxylation sites is 2. The average molecular weight is 802 g/mol. The van der Waals surface area contributed by atoms with Gasteiger partial charge in [0.2, 0.25) is 0 Å². The molecule has 0 bridgehead atoms. The van der Waals surface area contributed by atoms with E-state index in [2.05, 4.69) is 25.6 Å². The number of hydrogen-bond acceptors (Lipinski definition) is 13. The van der Waals surface area contributed by atoms with E-state index >= 15 is 0 Å². The van der Waals surface area contributed by atoms with Crippen molar-refractivity contribution in [3.63, 3.8) is 0 Å². The maximum absolute atomic E-state index is 13.1. The third-order valence-corrected chi connectivity index (χ3v) is 9.31. The van der Waals surface area contributed by atoms with E-state index in [4.69, 9.17) is 25.8 Å². The van der Waals surface area contributed by atoms with Gasteiger partial charge in [0.25, 0.3) is 11.8 Å². The Morgan fingerprint density at radius 3 is 1.84 bits per heavy atom. The first-order valence-electron chi connectivity index (χ1n) is 17.0. The molecule has 2 amide bonds. The molecule has 57 heavy (non-hydrogen) atoms. The van der Waals surface area contributed by atoms with Crippen LogP contribution in [-0.2, 0) is 14.3 Å². The normalized spacial score (nSPS) is 10.8. The molecule has 0 saturated heterocycles. The van der Waals surface area contributed by atoms with Crippen LogP contribution in [0, 0.1) is 0 Å². The fourth-order valence-electron chi connectivity index (χ4n) is 5.42. The molecule has 0 spiro atoms. The molecule has 4 N–H and O–H groups in total. The number of halogens is 1. The minimum absolute atomic E-state index is 0.0933. The Kier molecular flexibility index (Phi) is 11.4. The largest absolute Gasteiger partial charge is 0.505 e. The monoisotopic (exact) mass is 801 g/mol. The highest BCUT2D eigenvalue weighted by Gasteiger charge is 2.24. The van der Waals surface area contributed by atoms with Gasteiger partial charge in [-0.1, -0.05) is 71.9 Å². The Balaban J connectivity index is 0.984. The van der Waals surface area contributed by atoms with Crippen molar-refractivity contribution < 1.29 is 43.6 Å². The smallest absolute Gasteiger partial charge is 0.333 e. The minimum Gasteiger partial charge on any atom is -0.505 e. The van der Waals surface area contributed by atoms with Gasteiger partial charge in [-0.25, -0.2) is 24.5 Å². The summed E-state index contributed by atoms with van der Waals surface area (Å²) in [5.74, 6) is -3.84. The van der Waals surface area contributed by atoms with Gasteiger partial charge in [0, 0.05) is 38.8 Å². The fourth-order valence-corrected chi connectivity index (χ4v) is 6.47. The van der Waals surface area contributed by atoms with E-state index in [0.717, 1.165) is 9.92 Å². The number of aromatic hydroxyl groups is 2. The number of aromatic nitrogens is 3. The summed E-state index contributed by atoms with van der Waals surface area (Å²) in [7, 11) is 0. The fraction of sp³-hybridized carbons (Fsp3) is 0.0488. The molecule has 0 atom stereocenters. The van der Waals surface area contributed by atoms with Gasteiger partial charge in [0.05, 0.1) is 0 Å². The molecular formula is C41H28ClN5O9S. The Labute approximate surface area is 332 Å². The van der Waals surface area contributed by atoms with Gasteiger partial charge < -0.3 is 35.1 Å². The van der Waals surface area contributed by atoms with Crippen LogP contribution in [0.25, 0.3) is 21.5 Å². The van der Waals surface area contributed by atoms with Crippen molar-refractivity contribution in [2.45, 2.75) is 9.92 Å². The van der Waals surface area contributed by atoms with E-state index in [9.17, 15) is 29.4 Å². The first-order chi connectivity index (χ1) is 27.6. The Morgan fingerprint density at radius 1 is 0.649 bits per heavy atom. The molecule has 284 valence electrons. The van der Waals surface area contributed by atoms with Gasteiger partial charge in [-0.2, -0.15) is 0 Å². The molecular weight excluding hydrogens is 774 g/mol. The molecule has 0 aliphatic heterocycles. The van der Waals surface area contributed by atoms with Crippen LogP contribution in [0.15, 0.2) is 132 Å². The topological polar surface area (TPSA) is 199 Å². The van der Waals surface area contributed by atoms with E-state index in [1.165, 1.54) is 30.1 Å². The molecule has 0 aliphatic rings. The van der Waals surface area contributed by atoms with Crippen molar-refractivity contribution in [1.82, 2.24) is 25.6 Å². The number of pyridine rings is 3. The molecule has 16 heteroatoms. The number of esters is 2. The minimum atomic E-state index is -1.18. The first kappa shape index (κ1) is 38.1. The number of carbonyl (C=O) groups excluding carboxylic acids is 4. The Bertz CT molecular complexity index is 2650. The highest BCUT2D eigenvalue weighted by Crippen LogP contribution is 2.43. The summed E-state index contributed by atoms with van der Waals surface area (Å²) in [4.78, 5) is 63.9. The zero-order valence-corrected chi connectivity index (χ0v) is 30.9. The number of nitrogens with one attached hydrogen (secondary N) is 2. The standard InChI is InChI=1S/C41H28ClN5O9S/c42-39-29-19-31(55-25-11-5-2-6-12-25)30(54-24-9-3-1-4-10-24)18-28(29)38(51)36(47-39)41(53)46-22-34(49)56-33(48)21-45-40(52)35-37(50)27-17-26(15-14-23(27)20-44-35)57-32-13-7-8-16-43-32/h1-20,50-51H,21-22H2,(H,45,52)(H,46,53). The Morgan fingerprint density at radius 2 is 1.23 bits per heavy atom. The van der Waals surface area contributed by atoms with Gasteiger partial charge in [-0.15, -0.1) is 0 Å². The molecule has 0 aliphatic carbocycles. The maximum atomic E-state index is 13.1. The molecule has 14 nitrogen and oxygen atoms in total. The second kappa shape index (κ2) is 17.1. The second-order valence-electron chi connectivity index (χ2n) is 12.0. The van der Waals surface area contributed by atoms with Gasteiger partial charge in [-0.05, 0) is 60.7 Å². The highest BCUT2D eigenvalue weighted by atomic mass is 35.5. The van der Waals surface area contributed by atoms with E-state index in [-0.39, 0.29) is 33.1 Å². The van der Waals surface area contributed by atoms with Crippen LogP contribution in [0.2, 0.25) is 5.15 Å². The van der Waals surface area contributed by atoms with Gasteiger partial charge in [-0.3, -0.25) is 9.59 Å². The molecule has 0 radical (unpaired) electrons. The lowest BCUT2D eigenvalue weighted by molar-refractivity contribution is -0.158. The zero-order chi connectivity index (χ0) is 39.9. The third kappa shape index (κ3) is 9.02. The quantitative estimate of drug-likeness (QED) is 0.0550. The van der Waals surface area contributed by atoms with E-state index in [1.807, 2.05) is 30.3 Å². The first-order valence-corrected chi connectivity index (χ1v) is 18.1. The lowest BCUT2D eigenvalue weighted by Gasteiger charge is -2.16. The molecule has 7 aromatic rings. The summed E-state index contributed by atoms with van der Waals surface area (Å²) < 4.78 is 16.8. The summed E-state index contributed by atoms with van der Waals surface area (Å²) in [5.41, 5.74) is -0.875. The van der Waals surface area contributed by atoms with Crippen LogP contribution in [0.1, 0.15) is 21.0 Å². The van der Waals surface area contributed by atoms with Crippen molar-refractivity contribution >= 4 is 68.7 Å². The molecule has 0 fully saturated rings. The number of rotatable bonds is 12. The summed E-state index contributed by atoms with van der Waals surface area (Å²) >= 11 is 7.84. The van der Waals surface area contributed by atoms with Crippen LogP contribution in [0.3, 0.4) is 0 Å². The van der Waals surface area contributed by atoms with Crippen molar-refractivity contribution in [2.75, 3.05) is 13.1 Å². The number of amides is 2. The molecule has 4 aromatic carbocycles. The van der Waals surface area contributed by atoms with Crippen molar-refractivity contribution in [3.8, 4) is 34.5 Å². The summed E-state index contributed by atoms with van der Waals surface area (Å²) in [5, 5.41) is 28.4. The average Bonchev–Trinajstić information content (AvgIpc) is 3.22. The summed E-state index contributed by atoms with van der Waals surface area (Å²) in [6, 6.07) is 31.4. The van der Waals surface area contributed by atoms with Crippen LogP contribution < -0.4 is 20.1 Å². The molecule has 7 rings (SSSR count). The van der Waals surface area contributed by atoms with Gasteiger partial charge in [0.1, 0.15) is 34.8 Å². The molecule has 3 heterocycles. The predicted octanol–water partition coefficient (Wildman–Crippen LogP) is 7.21. The van der Waals surface area contributed by atoms with Crippen LogP contribution in [-0.4, -0.2) is 62.0 Å². The second-order valence-corrected chi connectivity index (χ2v) is 13.4. The van der Waals surface area contributed by atoms with Crippen LogP contribution in [0.5, 0.6) is 34.5 Å². The number of benzene rings is 4. The van der Waals surface area contributed by atoms with Gasteiger partial charge >= 0.3 is 11.9 Å². The zero-order valence-electron chi connectivity index (χ0n) is 29.3. The lowest BCUT2D eigenvalue weighted by Crippen LogP contribution is -2.36.